The summed E-state index contributed by atoms with van der Waals surface area (Å²) in [7, 11) is 0. The zero-order chi connectivity index (χ0) is 20.7. The molecular formula is C23H20N4O2S. The van der Waals surface area contributed by atoms with Crippen LogP contribution in [-0.2, 0) is 6.54 Å². The first-order chi connectivity index (χ1) is 14.6. The van der Waals surface area contributed by atoms with Crippen molar-refractivity contribution in [2.24, 2.45) is 5.92 Å². The molecule has 2 atom stereocenters. The van der Waals surface area contributed by atoms with Gasteiger partial charge in [0.05, 0.1) is 16.1 Å². The fraction of sp³-hybridized carbons (Fsp3) is 0.261. The molecule has 5 rings (SSSR count). The van der Waals surface area contributed by atoms with E-state index in [-0.39, 0.29) is 17.4 Å². The number of nitrogens with one attached hydrogen (secondary N) is 1. The molecule has 1 saturated heterocycles. The minimum Gasteiger partial charge on any atom is -0.369 e. The van der Waals surface area contributed by atoms with Crippen molar-refractivity contribution in [1.29, 1.82) is 5.26 Å². The second-order valence-electron chi connectivity index (χ2n) is 7.88. The lowest BCUT2D eigenvalue weighted by atomic mass is 9.82. The summed E-state index contributed by atoms with van der Waals surface area (Å²) >= 11 is 1.38. The molecule has 2 aliphatic rings. The molecule has 0 spiro atoms. The highest BCUT2D eigenvalue weighted by Gasteiger charge is 2.35. The van der Waals surface area contributed by atoms with Crippen molar-refractivity contribution in [1.82, 2.24) is 4.57 Å². The minimum absolute atomic E-state index is 0.0687. The molecule has 2 aromatic heterocycles. The monoisotopic (exact) mass is 416 g/mol. The summed E-state index contributed by atoms with van der Waals surface area (Å²) in [4.78, 5) is 27.4. The number of piperidine rings is 1. The summed E-state index contributed by atoms with van der Waals surface area (Å²) in [6, 6.07) is 16.9. The van der Waals surface area contributed by atoms with Gasteiger partial charge in [0.25, 0.3) is 11.5 Å². The van der Waals surface area contributed by atoms with Crippen LogP contribution in [0.1, 0.15) is 33.3 Å². The third-order valence-electron chi connectivity index (χ3n) is 5.94. The highest BCUT2D eigenvalue weighted by Crippen LogP contribution is 2.38. The number of carbonyl (C=O) groups excluding carboxylic acids is 1. The molecule has 4 heterocycles. The second kappa shape index (κ2) is 7.47. The Balaban J connectivity index is 1.40. The van der Waals surface area contributed by atoms with Gasteiger partial charge in [-0.15, -0.1) is 11.3 Å². The lowest BCUT2D eigenvalue weighted by Gasteiger charge is -2.44. The Morgan fingerprint density at radius 2 is 2.03 bits per heavy atom. The molecule has 150 valence electrons. The summed E-state index contributed by atoms with van der Waals surface area (Å²) in [6.07, 6.45) is 1.07. The quantitative estimate of drug-likeness (QED) is 0.707. The zero-order valence-corrected chi connectivity index (χ0v) is 17.1. The van der Waals surface area contributed by atoms with E-state index in [1.165, 1.54) is 11.3 Å². The molecule has 1 amide bonds. The number of nitrogens with zero attached hydrogens (tertiary/aromatic N) is 3. The van der Waals surface area contributed by atoms with E-state index in [1.807, 2.05) is 40.3 Å². The summed E-state index contributed by atoms with van der Waals surface area (Å²) in [5.74, 6) is 0.480. The third kappa shape index (κ3) is 3.29. The van der Waals surface area contributed by atoms with Gasteiger partial charge >= 0.3 is 0 Å². The number of rotatable bonds is 3. The van der Waals surface area contributed by atoms with Gasteiger partial charge in [0.2, 0.25) is 0 Å². The molecule has 2 aliphatic heterocycles. The maximum Gasteiger partial charge on any atom is 0.265 e. The molecule has 1 fully saturated rings. The van der Waals surface area contributed by atoms with E-state index >= 15 is 0 Å². The number of hydrogen-bond acceptors (Lipinski definition) is 5. The van der Waals surface area contributed by atoms with Crippen LogP contribution in [0.2, 0.25) is 0 Å². The Morgan fingerprint density at radius 1 is 1.13 bits per heavy atom. The van der Waals surface area contributed by atoms with Crippen LogP contribution in [0.4, 0.5) is 11.4 Å². The molecule has 2 unspecified atom stereocenters. The highest BCUT2D eigenvalue weighted by atomic mass is 32.1. The van der Waals surface area contributed by atoms with Crippen LogP contribution < -0.4 is 15.8 Å². The Bertz CT molecular complexity index is 1210. The predicted octanol–water partition coefficient (Wildman–Crippen LogP) is 3.66. The average Bonchev–Trinajstić information content (AvgIpc) is 3.29. The van der Waals surface area contributed by atoms with Crippen LogP contribution in [0.25, 0.3) is 0 Å². The molecule has 6 nitrogen and oxygen atoms in total. The Morgan fingerprint density at radius 3 is 2.83 bits per heavy atom. The Hall–Kier alpha value is -3.37. The maximum absolute atomic E-state index is 12.3. The number of nitriles is 1. The van der Waals surface area contributed by atoms with E-state index in [0.29, 0.717) is 22.0 Å². The Labute approximate surface area is 178 Å². The largest absolute Gasteiger partial charge is 0.369 e. The molecule has 1 N–H and O–H groups in total. The number of carbonyl (C=O) groups is 1. The van der Waals surface area contributed by atoms with Crippen molar-refractivity contribution in [3.05, 3.63) is 80.4 Å². The van der Waals surface area contributed by atoms with Crippen LogP contribution >= 0.6 is 11.3 Å². The van der Waals surface area contributed by atoms with Crippen LogP contribution in [0.15, 0.2) is 58.7 Å². The first-order valence-electron chi connectivity index (χ1n) is 9.96. The maximum atomic E-state index is 12.3. The molecule has 30 heavy (non-hydrogen) atoms. The number of hydrogen-bond donors (Lipinski definition) is 1. The number of thiophene rings is 1. The molecule has 0 aliphatic carbocycles. The SMILES string of the molecule is N#Cc1cc(NC(=O)c2cccs2)ccc1N1CC2CC(C1)c1cccc(=O)n1C2. The van der Waals surface area contributed by atoms with Crippen LogP contribution in [-0.4, -0.2) is 23.6 Å². The third-order valence-corrected chi connectivity index (χ3v) is 6.81. The van der Waals surface area contributed by atoms with Crippen molar-refractivity contribution in [3.63, 3.8) is 0 Å². The first-order valence-corrected chi connectivity index (χ1v) is 10.8. The van der Waals surface area contributed by atoms with Crippen molar-refractivity contribution in [2.75, 3.05) is 23.3 Å². The molecule has 2 bridgehead atoms. The number of benzene rings is 1. The van der Waals surface area contributed by atoms with E-state index in [9.17, 15) is 14.9 Å². The second-order valence-corrected chi connectivity index (χ2v) is 8.83. The van der Waals surface area contributed by atoms with Gasteiger partial charge in [-0.3, -0.25) is 9.59 Å². The van der Waals surface area contributed by atoms with E-state index in [0.717, 1.165) is 37.4 Å². The average molecular weight is 417 g/mol. The molecule has 0 saturated carbocycles. The minimum atomic E-state index is -0.170. The number of pyridine rings is 1. The van der Waals surface area contributed by atoms with E-state index in [1.54, 1.807) is 18.2 Å². The van der Waals surface area contributed by atoms with Gasteiger partial charge in [-0.05, 0) is 48.1 Å². The fourth-order valence-electron chi connectivity index (χ4n) is 4.67. The van der Waals surface area contributed by atoms with Gasteiger partial charge in [0.15, 0.2) is 0 Å². The first kappa shape index (κ1) is 18.6. The van der Waals surface area contributed by atoms with Crippen molar-refractivity contribution in [3.8, 4) is 6.07 Å². The molecular weight excluding hydrogens is 396 g/mol. The van der Waals surface area contributed by atoms with Crippen molar-refractivity contribution in [2.45, 2.75) is 18.9 Å². The summed E-state index contributed by atoms with van der Waals surface area (Å²) in [6.45, 7) is 2.31. The van der Waals surface area contributed by atoms with E-state index in [2.05, 4.69) is 16.3 Å². The summed E-state index contributed by atoms with van der Waals surface area (Å²) in [5, 5.41) is 14.5. The zero-order valence-electron chi connectivity index (χ0n) is 16.2. The van der Waals surface area contributed by atoms with E-state index < -0.39 is 0 Å². The van der Waals surface area contributed by atoms with E-state index in [4.69, 9.17) is 0 Å². The topological polar surface area (TPSA) is 78.1 Å². The number of aromatic nitrogens is 1. The summed E-state index contributed by atoms with van der Waals surface area (Å²) < 4.78 is 1.91. The highest BCUT2D eigenvalue weighted by molar-refractivity contribution is 7.12. The lowest BCUT2D eigenvalue weighted by molar-refractivity contribution is 0.103. The van der Waals surface area contributed by atoms with Crippen molar-refractivity contribution >= 4 is 28.6 Å². The van der Waals surface area contributed by atoms with Gasteiger partial charge in [-0.25, -0.2) is 0 Å². The number of fused-ring (bicyclic) bond motifs is 4. The van der Waals surface area contributed by atoms with Gasteiger partial charge in [-0.1, -0.05) is 12.1 Å². The Kier molecular flexibility index (Phi) is 4.64. The lowest BCUT2D eigenvalue weighted by Crippen LogP contribution is -2.47. The van der Waals surface area contributed by atoms with Gasteiger partial charge in [0, 0.05) is 43.0 Å². The smallest absolute Gasteiger partial charge is 0.265 e. The molecule has 1 aromatic carbocycles. The van der Waals surface area contributed by atoms with Gasteiger partial charge in [0.1, 0.15) is 6.07 Å². The molecule has 7 heteroatoms. The molecule has 3 aromatic rings. The van der Waals surface area contributed by atoms with Crippen LogP contribution in [0.5, 0.6) is 0 Å². The van der Waals surface area contributed by atoms with Gasteiger partial charge < -0.3 is 14.8 Å². The molecule has 0 radical (unpaired) electrons. The number of amides is 1. The van der Waals surface area contributed by atoms with Gasteiger partial charge in [-0.2, -0.15) is 5.26 Å². The normalized spacial score (nSPS) is 19.6. The standard InChI is InChI=1S/C23H20N4O2S/c24-11-16-10-18(25-23(29)21-4-2-8-30-21)6-7-19(16)26-12-15-9-17(14-26)20-3-1-5-22(28)27(20)13-15/h1-8,10,15,17H,9,12-14H2,(H,25,29). The number of anilines is 2. The van der Waals surface area contributed by atoms with Crippen LogP contribution in [0.3, 0.4) is 0 Å². The van der Waals surface area contributed by atoms with Crippen molar-refractivity contribution < 1.29 is 4.79 Å². The summed E-state index contributed by atoms with van der Waals surface area (Å²) in [5.41, 5.74) is 3.20. The predicted molar refractivity (Wildman–Crippen MR) is 117 cm³/mol. The van der Waals surface area contributed by atoms with Crippen LogP contribution in [0, 0.1) is 17.2 Å². The fourth-order valence-corrected chi connectivity index (χ4v) is 5.29.